The molecule has 1 heterocycles. The van der Waals surface area contributed by atoms with Gasteiger partial charge in [-0.2, -0.15) is 21.4 Å². The van der Waals surface area contributed by atoms with Gasteiger partial charge in [-0.3, -0.25) is 9.11 Å². The molecular weight excluding hydrogens is 320 g/mol. The molecule has 0 fully saturated rings. The van der Waals surface area contributed by atoms with Gasteiger partial charge in [-0.05, 0) is 24.6 Å². The van der Waals surface area contributed by atoms with E-state index in [0.29, 0.717) is 0 Å². The zero-order valence-corrected chi connectivity index (χ0v) is 12.8. The summed E-state index contributed by atoms with van der Waals surface area (Å²) in [6, 6.07) is 2.25. The molecular formula is C11H13N2O6S2+. The van der Waals surface area contributed by atoms with Crippen LogP contribution < -0.4 is 4.57 Å². The lowest BCUT2D eigenvalue weighted by molar-refractivity contribution is -0.670. The van der Waals surface area contributed by atoms with E-state index >= 15 is 0 Å². The lowest BCUT2D eigenvalue weighted by Crippen LogP contribution is -2.24. The molecule has 1 aromatic heterocycles. The van der Waals surface area contributed by atoms with Crippen molar-refractivity contribution in [2.24, 2.45) is 7.05 Å². The fourth-order valence-corrected chi connectivity index (χ4v) is 3.60. The van der Waals surface area contributed by atoms with E-state index < -0.39 is 30.0 Å². The Hall–Kier alpha value is -1.75. The SMILES string of the molecule is Cc1cc(S(=O)(=O)O)c(-n2cc[n+](C)c2)c(S(=O)(=O)O)c1. The molecule has 0 amide bonds. The minimum absolute atomic E-state index is 0.260. The quantitative estimate of drug-likeness (QED) is 0.608. The van der Waals surface area contributed by atoms with Gasteiger partial charge in [0.1, 0.15) is 22.2 Å². The molecule has 2 N–H and O–H groups in total. The van der Waals surface area contributed by atoms with E-state index in [4.69, 9.17) is 0 Å². The zero-order chi connectivity index (χ0) is 16.0. The smallest absolute Gasteiger partial charge is 0.282 e. The molecule has 114 valence electrons. The summed E-state index contributed by atoms with van der Waals surface area (Å²) in [7, 11) is -7.72. The largest absolute Gasteiger partial charge is 0.298 e. The first-order valence-corrected chi connectivity index (χ1v) is 8.51. The summed E-state index contributed by atoms with van der Waals surface area (Å²) in [5.74, 6) is 0. The topological polar surface area (TPSA) is 118 Å². The van der Waals surface area contributed by atoms with Crippen LogP contribution in [0.4, 0.5) is 0 Å². The Morgan fingerprint density at radius 1 is 1.05 bits per heavy atom. The number of nitrogens with zero attached hydrogens (tertiary/aromatic N) is 2. The number of aryl methyl sites for hydroxylation is 2. The summed E-state index contributed by atoms with van der Waals surface area (Å²) < 4.78 is 67.5. The minimum atomic E-state index is -4.68. The molecule has 0 spiro atoms. The predicted octanol–water partition coefficient (Wildman–Crippen LogP) is 0.104. The molecule has 0 radical (unpaired) electrons. The maximum absolute atomic E-state index is 11.5. The lowest BCUT2D eigenvalue weighted by Gasteiger charge is -2.09. The van der Waals surface area contributed by atoms with E-state index in [1.165, 1.54) is 24.0 Å². The van der Waals surface area contributed by atoms with Gasteiger partial charge >= 0.3 is 0 Å². The number of hydrogen-bond donors (Lipinski definition) is 2. The summed E-state index contributed by atoms with van der Waals surface area (Å²) in [5.41, 5.74) is -0.0817. The van der Waals surface area contributed by atoms with Gasteiger partial charge in [0, 0.05) is 0 Å². The number of hydrogen-bond acceptors (Lipinski definition) is 4. The van der Waals surface area contributed by atoms with Crippen molar-refractivity contribution >= 4 is 20.2 Å². The third kappa shape index (κ3) is 3.13. The van der Waals surface area contributed by atoms with Gasteiger partial charge in [0.25, 0.3) is 20.2 Å². The van der Waals surface area contributed by atoms with Gasteiger partial charge in [0.05, 0.1) is 7.05 Å². The molecule has 2 aromatic rings. The third-order valence-corrected chi connectivity index (χ3v) is 4.50. The normalized spacial score (nSPS) is 12.6. The van der Waals surface area contributed by atoms with Crippen LogP contribution in [-0.2, 0) is 27.3 Å². The van der Waals surface area contributed by atoms with Gasteiger partial charge in [-0.1, -0.05) is 0 Å². The fraction of sp³-hybridized carbons (Fsp3) is 0.182. The van der Waals surface area contributed by atoms with Gasteiger partial charge < -0.3 is 0 Å². The van der Waals surface area contributed by atoms with Gasteiger partial charge in [-0.15, -0.1) is 0 Å². The maximum Gasteiger partial charge on any atom is 0.298 e. The molecule has 8 nitrogen and oxygen atoms in total. The Labute approximate surface area is 121 Å². The average Bonchev–Trinajstić information content (AvgIpc) is 2.72. The second-order valence-electron chi connectivity index (χ2n) is 4.55. The van der Waals surface area contributed by atoms with E-state index in [0.717, 1.165) is 12.1 Å². The first kappa shape index (κ1) is 15.6. The number of rotatable bonds is 3. The summed E-state index contributed by atoms with van der Waals surface area (Å²) in [6.45, 7) is 1.45. The first-order valence-electron chi connectivity index (χ1n) is 5.63. The van der Waals surface area contributed by atoms with E-state index in [2.05, 4.69) is 0 Å². The Balaban J connectivity index is 3.00. The highest BCUT2D eigenvalue weighted by Gasteiger charge is 2.30. The Morgan fingerprint density at radius 3 is 1.86 bits per heavy atom. The van der Waals surface area contributed by atoms with E-state index in [1.54, 1.807) is 17.8 Å². The van der Waals surface area contributed by atoms with E-state index in [-0.39, 0.29) is 11.3 Å². The summed E-state index contributed by atoms with van der Waals surface area (Å²) in [5, 5.41) is 0. The van der Waals surface area contributed by atoms with Crippen molar-refractivity contribution in [1.82, 2.24) is 4.57 Å². The standard InChI is InChI=1S/C11H12N2O6S2/c1-8-5-9(20(14,15)16)11(10(6-8)21(17,18)19)13-4-3-12(2)7-13/h3-7H,1-2H3,(H-,14,15,16,17,18,19)/p+1. The summed E-state index contributed by atoms with van der Waals surface area (Å²) >= 11 is 0. The maximum atomic E-state index is 11.5. The van der Waals surface area contributed by atoms with E-state index in [1.807, 2.05) is 0 Å². The highest BCUT2D eigenvalue weighted by Crippen LogP contribution is 2.29. The van der Waals surface area contributed by atoms with Crippen molar-refractivity contribution in [2.75, 3.05) is 0 Å². The molecule has 0 atom stereocenters. The van der Waals surface area contributed by atoms with Crippen LogP contribution >= 0.6 is 0 Å². The van der Waals surface area contributed by atoms with Crippen molar-refractivity contribution in [2.45, 2.75) is 16.7 Å². The van der Waals surface area contributed by atoms with Gasteiger partial charge in [-0.25, -0.2) is 4.57 Å². The van der Waals surface area contributed by atoms with Crippen molar-refractivity contribution < 1.29 is 30.5 Å². The first-order chi connectivity index (χ1) is 9.50. The Bertz CT molecular complexity index is 859. The molecule has 0 aliphatic heterocycles. The van der Waals surface area contributed by atoms with Gasteiger partial charge in [0.2, 0.25) is 6.33 Å². The Morgan fingerprint density at radius 2 is 1.52 bits per heavy atom. The predicted molar refractivity (Wildman–Crippen MR) is 71.3 cm³/mol. The molecule has 0 saturated heterocycles. The van der Waals surface area contributed by atoms with Crippen LogP contribution in [0.15, 0.2) is 40.6 Å². The number of aromatic nitrogens is 2. The highest BCUT2D eigenvalue weighted by molar-refractivity contribution is 7.87. The van der Waals surface area contributed by atoms with E-state index in [9.17, 15) is 25.9 Å². The lowest BCUT2D eigenvalue weighted by atomic mass is 10.2. The van der Waals surface area contributed by atoms with Crippen molar-refractivity contribution in [1.29, 1.82) is 0 Å². The van der Waals surface area contributed by atoms with Crippen LogP contribution in [0.5, 0.6) is 0 Å². The Kier molecular flexibility index (Phi) is 3.66. The summed E-state index contributed by atoms with van der Waals surface area (Å²) in [4.78, 5) is -1.21. The molecule has 0 bridgehead atoms. The van der Waals surface area contributed by atoms with Crippen LogP contribution in [0.25, 0.3) is 5.69 Å². The molecule has 0 unspecified atom stereocenters. The molecule has 0 aliphatic rings. The summed E-state index contributed by atoms with van der Waals surface area (Å²) in [6.07, 6.45) is 4.34. The van der Waals surface area contributed by atoms with Crippen molar-refractivity contribution in [3.8, 4) is 5.69 Å². The molecule has 21 heavy (non-hydrogen) atoms. The third-order valence-electron chi connectivity index (χ3n) is 2.77. The fourth-order valence-electron chi connectivity index (χ4n) is 1.94. The van der Waals surface area contributed by atoms with Crippen LogP contribution in [0, 0.1) is 6.92 Å². The highest BCUT2D eigenvalue weighted by atomic mass is 32.2. The van der Waals surface area contributed by atoms with Crippen molar-refractivity contribution in [3.63, 3.8) is 0 Å². The second-order valence-corrected chi connectivity index (χ2v) is 7.33. The van der Waals surface area contributed by atoms with Crippen LogP contribution in [0.2, 0.25) is 0 Å². The van der Waals surface area contributed by atoms with Crippen LogP contribution in [0.3, 0.4) is 0 Å². The monoisotopic (exact) mass is 333 g/mol. The molecule has 0 saturated carbocycles. The zero-order valence-electron chi connectivity index (χ0n) is 11.1. The number of benzene rings is 1. The minimum Gasteiger partial charge on any atom is -0.282 e. The average molecular weight is 333 g/mol. The number of imidazole rings is 1. The molecule has 10 heteroatoms. The molecule has 2 rings (SSSR count). The molecule has 1 aromatic carbocycles. The van der Waals surface area contributed by atoms with Crippen molar-refractivity contribution in [3.05, 3.63) is 36.4 Å². The molecule has 0 aliphatic carbocycles. The van der Waals surface area contributed by atoms with Gasteiger partial charge in [0.15, 0.2) is 5.69 Å². The van der Waals surface area contributed by atoms with Crippen LogP contribution in [0.1, 0.15) is 5.56 Å². The van der Waals surface area contributed by atoms with Crippen LogP contribution in [-0.4, -0.2) is 30.5 Å². The second kappa shape index (κ2) is 4.91.